The van der Waals surface area contributed by atoms with Crippen LogP contribution in [0.5, 0.6) is 0 Å². The van der Waals surface area contributed by atoms with Gasteiger partial charge in [-0.2, -0.15) is 0 Å². The quantitative estimate of drug-likeness (QED) is 0.741. The van der Waals surface area contributed by atoms with E-state index in [1.165, 1.54) is 0 Å². The zero-order valence-electron chi connectivity index (χ0n) is 9.55. The normalized spacial score (nSPS) is 19.6. The van der Waals surface area contributed by atoms with Crippen molar-refractivity contribution in [1.82, 2.24) is 4.90 Å². The van der Waals surface area contributed by atoms with Gasteiger partial charge in [-0.15, -0.1) is 0 Å². The second-order valence-electron chi connectivity index (χ2n) is 4.90. The third kappa shape index (κ3) is 2.71. The second kappa shape index (κ2) is 4.30. The van der Waals surface area contributed by atoms with Crippen LogP contribution in [0, 0.1) is 5.92 Å². The highest BCUT2D eigenvalue weighted by atomic mass is 16.2. The Kier molecular flexibility index (Phi) is 3.53. The third-order valence-corrected chi connectivity index (χ3v) is 3.00. The zero-order valence-corrected chi connectivity index (χ0v) is 9.55. The van der Waals surface area contributed by atoms with Gasteiger partial charge < -0.3 is 10.6 Å². The van der Waals surface area contributed by atoms with Crippen molar-refractivity contribution in [3.05, 3.63) is 0 Å². The van der Waals surface area contributed by atoms with Crippen LogP contribution in [0.15, 0.2) is 0 Å². The molecule has 82 valence electrons. The molecule has 0 bridgehead atoms. The van der Waals surface area contributed by atoms with Crippen molar-refractivity contribution in [2.75, 3.05) is 13.1 Å². The summed E-state index contributed by atoms with van der Waals surface area (Å²) >= 11 is 0. The van der Waals surface area contributed by atoms with Crippen LogP contribution < -0.4 is 5.73 Å². The molecule has 1 saturated heterocycles. The molecule has 0 aliphatic carbocycles. The Labute approximate surface area is 86.6 Å². The van der Waals surface area contributed by atoms with Crippen molar-refractivity contribution >= 4 is 5.91 Å². The molecule has 14 heavy (non-hydrogen) atoms. The molecular weight excluding hydrogens is 176 g/mol. The zero-order chi connectivity index (χ0) is 10.8. The molecule has 2 N–H and O–H groups in total. The molecule has 0 aromatic heterocycles. The van der Waals surface area contributed by atoms with Gasteiger partial charge in [-0.25, -0.2) is 0 Å². The Hall–Kier alpha value is -0.570. The summed E-state index contributed by atoms with van der Waals surface area (Å²) in [6.07, 6.45) is 2.62. The molecule has 3 heteroatoms. The molecule has 0 unspecified atom stereocenters. The Balaban J connectivity index is 2.23. The number of hydrogen-bond acceptors (Lipinski definition) is 2. The fraction of sp³-hybridized carbons (Fsp3) is 0.909. The highest BCUT2D eigenvalue weighted by Gasteiger charge is 2.39. The van der Waals surface area contributed by atoms with E-state index in [1.54, 1.807) is 0 Å². The Morgan fingerprint density at radius 3 is 2.50 bits per heavy atom. The number of hydrogen-bond donors (Lipinski definition) is 1. The summed E-state index contributed by atoms with van der Waals surface area (Å²) in [6.45, 7) is 7.86. The van der Waals surface area contributed by atoms with Gasteiger partial charge in [0.05, 0.1) is 5.54 Å². The molecule has 0 atom stereocenters. The van der Waals surface area contributed by atoms with E-state index in [-0.39, 0.29) is 11.4 Å². The van der Waals surface area contributed by atoms with Crippen LogP contribution in [0.25, 0.3) is 0 Å². The highest BCUT2D eigenvalue weighted by molar-refractivity contribution is 5.77. The minimum Gasteiger partial charge on any atom is -0.339 e. The van der Waals surface area contributed by atoms with E-state index in [2.05, 4.69) is 20.8 Å². The first-order chi connectivity index (χ1) is 6.47. The van der Waals surface area contributed by atoms with Crippen LogP contribution in [0.2, 0.25) is 0 Å². The molecule has 1 fully saturated rings. The van der Waals surface area contributed by atoms with E-state index >= 15 is 0 Å². The van der Waals surface area contributed by atoms with Gasteiger partial charge in [-0.3, -0.25) is 4.79 Å². The molecule has 1 heterocycles. The van der Waals surface area contributed by atoms with Crippen molar-refractivity contribution in [3.63, 3.8) is 0 Å². The number of likely N-dealkylation sites (tertiary alicyclic amines) is 1. The monoisotopic (exact) mass is 198 g/mol. The van der Waals surface area contributed by atoms with Crippen molar-refractivity contribution < 1.29 is 4.79 Å². The average molecular weight is 198 g/mol. The molecular formula is C11H22N2O. The van der Waals surface area contributed by atoms with E-state index in [9.17, 15) is 4.79 Å². The highest BCUT2D eigenvalue weighted by Crippen LogP contribution is 2.22. The lowest BCUT2D eigenvalue weighted by Crippen LogP contribution is -2.68. The van der Waals surface area contributed by atoms with Gasteiger partial charge in [0.25, 0.3) is 0 Å². The van der Waals surface area contributed by atoms with Crippen LogP contribution in [0.4, 0.5) is 0 Å². The van der Waals surface area contributed by atoms with Crippen molar-refractivity contribution in [3.8, 4) is 0 Å². The molecule has 0 saturated carbocycles. The maximum Gasteiger partial charge on any atom is 0.222 e. The largest absolute Gasteiger partial charge is 0.339 e. The summed E-state index contributed by atoms with van der Waals surface area (Å²) < 4.78 is 0. The topological polar surface area (TPSA) is 46.3 Å². The molecule has 3 nitrogen and oxygen atoms in total. The molecule has 0 radical (unpaired) electrons. The molecule has 1 aliphatic rings. The molecule has 0 aromatic carbocycles. The van der Waals surface area contributed by atoms with Gasteiger partial charge in [0.15, 0.2) is 0 Å². The molecule has 0 spiro atoms. The second-order valence-corrected chi connectivity index (χ2v) is 4.90. The van der Waals surface area contributed by atoms with Gasteiger partial charge in [0.2, 0.25) is 5.91 Å². The van der Waals surface area contributed by atoms with Gasteiger partial charge >= 0.3 is 0 Å². The van der Waals surface area contributed by atoms with Crippen molar-refractivity contribution in [1.29, 1.82) is 0 Å². The van der Waals surface area contributed by atoms with Crippen LogP contribution in [-0.2, 0) is 4.79 Å². The predicted molar refractivity (Wildman–Crippen MR) is 57.9 cm³/mol. The fourth-order valence-electron chi connectivity index (χ4n) is 1.68. The summed E-state index contributed by atoms with van der Waals surface area (Å²) in [5.41, 5.74) is 5.90. The van der Waals surface area contributed by atoms with E-state index < -0.39 is 0 Å². The Bertz CT molecular complexity index is 207. The number of carbonyl (C=O) groups is 1. The number of nitrogens with two attached hydrogens (primary N) is 1. The van der Waals surface area contributed by atoms with Crippen LogP contribution >= 0.6 is 0 Å². The van der Waals surface area contributed by atoms with Crippen LogP contribution in [-0.4, -0.2) is 29.4 Å². The summed E-state index contributed by atoms with van der Waals surface area (Å²) in [6, 6.07) is 0. The summed E-state index contributed by atoms with van der Waals surface area (Å²) in [5.74, 6) is 0.877. The lowest BCUT2D eigenvalue weighted by atomic mass is 9.88. The van der Waals surface area contributed by atoms with Gasteiger partial charge in [-0.1, -0.05) is 20.8 Å². The molecule has 1 aliphatic heterocycles. The summed E-state index contributed by atoms with van der Waals surface area (Å²) in [5, 5.41) is 0. The molecule has 1 rings (SSSR count). The maximum atomic E-state index is 11.6. The molecule has 1 amide bonds. The lowest BCUT2D eigenvalue weighted by Gasteiger charge is -2.47. The average Bonchev–Trinajstić information content (AvgIpc) is 2.09. The maximum absolute atomic E-state index is 11.6. The summed E-state index contributed by atoms with van der Waals surface area (Å²) in [7, 11) is 0. The Morgan fingerprint density at radius 1 is 1.50 bits per heavy atom. The lowest BCUT2D eigenvalue weighted by molar-refractivity contribution is -0.139. The minimum absolute atomic E-state index is 0.0898. The number of rotatable bonds is 4. The van der Waals surface area contributed by atoms with Crippen molar-refractivity contribution in [2.45, 2.75) is 45.6 Å². The van der Waals surface area contributed by atoms with Crippen LogP contribution in [0.3, 0.4) is 0 Å². The first kappa shape index (κ1) is 11.5. The SMILES string of the molecule is CCC1(N)CN(C(=O)CCC(C)C)C1. The number of nitrogens with zero attached hydrogens (tertiary/aromatic N) is 1. The minimum atomic E-state index is -0.0898. The summed E-state index contributed by atoms with van der Waals surface area (Å²) in [4.78, 5) is 13.5. The van der Waals surface area contributed by atoms with E-state index in [0.29, 0.717) is 12.3 Å². The number of amides is 1. The fourth-order valence-corrected chi connectivity index (χ4v) is 1.68. The van der Waals surface area contributed by atoms with Crippen LogP contribution in [0.1, 0.15) is 40.0 Å². The van der Waals surface area contributed by atoms with E-state index in [0.717, 1.165) is 25.9 Å². The first-order valence-electron chi connectivity index (χ1n) is 5.53. The number of carbonyl (C=O) groups excluding carboxylic acids is 1. The first-order valence-corrected chi connectivity index (χ1v) is 5.53. The van der Waals surface area contributed by atoms with E-state index in [4.69, 9.17) is 5.73 Å². The van der Waals surface area contributed by atoms with Crippen molar-refractivity contribution in [2.24, 2.45) is 11.7 Å². The van der Waals surface area contributed by atoms with Gasteiger partial charge in [0, 0.05) is 19.5 Å². The van der Waals surface area contributed by atoms with E-state index in [1.807, 2.05) is 4.90 Å². The smallest absolute Gasteiger partial charge is 0.222 e. The Morgan fingerprint density at radius 2 is 2.07 bits per heavy atom. The third-order valence-electron chi connectivity index (χ3n) is 3.00. The van der Waals surface area contributed by atoms with Gasteiger partial charge in [0.1, 0.15) is 0 Å². The predicted octanol–water partition coefficient (Wildman–Crippen LogP) is 1.37. The standard InChI is InChI=1S/C11H22N2O/c1-4-11(12)7-13(8-11)10(14)6-5-9(2)3/h9H,4-8,12H2,1-3H3. The van der Waals surface area contributed by atoms with Gasteiger partial charge in [-0.05, 0) is 18.8 Å². The molecule has 0 aromatic rings.